The first-order chi connectivity index (χ1) is 12.2. The maximum Gasteiger partial charge on any atom is 0.212 e. The number of hydrogen-bond donors (Lipinski definition) is 0. The van der Waals surface area contributed by atoms with Crippen LogP contribution in [-0.2, 0) is 9.84 Å². The molecule has 0 radical (unpaired) electrons. The molecule has 1 heterocycles. The molecule has 0 aliphatic carbocycles. The number of aromatic nitrogens is 1. The quantitative estimate of drug-likeness (QED) is 0.293. The summed E-state index contributed by atoms with van der Waals surface area (Å²) in [5.41, 5.74) is 1.01. The summed E-state index contributed by atoms with van der Waals surface area (Å²) in [6, 6.07) is 9.62. The molecule has 0 aliphatic heterocycles. The van der Waals surface area contributed by atoms with Crippen molar-refractivity contribution >= 4 is 9.84 Å². The molecule has 134 valence electrons. The summed E-state index contributed by atoms with van der Waals surface area (Å²) in [4.78, 5) is 1.54. The molecule has 3 aromatic rings. The van der Waals surface area contributed by atoms with E-state index in [0.717, 1.165) is 12.1 Å². The van der Waals surface area contributed by atoms with Gasteiger partial charge in [-0.2, -0.15) is 0 Å². The molecule has 26 heavy (non-hydrogen) atoms. The van der Waals surface area contributed by atoms with Gasteiger partial charge in [-0.05, 0) is 24.3 Å². The molecule has 0 amide bonds. The normalized spacial score (nSPS) is 11.6. The minimum atomic E-state index is -4.98. The Morgan fingerprint density at radius 3 is 1.73 bits per heavy atom. The molecule has 0 spiro atoms. The molecule has 0 atom stereocenters. The standard InChI is InChI=1S/C17H8F5NO2S/c18-12-13(19)15(21)17(16(22)14(12)20)26(24,25)10-6-4-9(5-7-10)11-3-1-2-8-23-11/h1-8H. The van der Waals surface area contributed by atoms with Crippen molar-refractivity contribution < 1.29 is 30.4 Å². The Kier molecular flexibility index (Phi) is 4.49. The van der Waals surface area contributed by atoms with Gasteiger partial charge in [0.2, 0.25) is 15.7 Å². The van der Waals surface area contributed by atoms with E-state index in [9.17, 15) is 30.4 Å². The average Bonchev–Trinajstić information content (AvgIpc) is 2.65. The highest BCUT2D eigenvalue weighted by Gasteiger charge is 2.34. The third-order valence-corrected chi connectivity index (χ3v) is 5.35. The molecule has 0 N–H and O–H groups in total. The minimum absolute atomic E-state index is 0.502. The summed E-state index contributed by atoms with van der Waals surface area (Å²) in [6.45, 7) is 0. The number of rotatable bonds is 3. The molecule has 3 rings (SSSR count). The Morgan fingerprint density at radius 1 is 0.692 bits per heavy atom. The Labute approximate surface area is 144 Å². The zero-order chi connectivity index (χ0) is 19.1. The second-order valence-corrected chi connectivity index (χ2v) is 7.03. The zero-order valence-electron chi connectivity index (χ0n) is 12.7. The van der Waals surface area contributed by atoms with Crippen LogP contribution in [0.4, 0.5) is 22.0 Å². The lowest BCUT2D eigenvalue weighted by Gasteiger charge is -2.10. The Morgan fingerprint density at radius 2 is 1.23 bits per heavy atom. The molecule has 0 bridgehead atoms. The lowest BCUT2D eigenvalue weighted by molar-refractivity contribution is 0.357. The maximum absolute atomic E-state index is 13.8. The van der Waals surface area contributed by atoms with Crippen molar-refractivity contribution in [1.82, 2.24) is 4.98 Å². The largest absolute Gasteiger partial charge is 0.256 e. The Hall–Kier alpha value is -2.81. The number of pyridine rings is 1. The van der Waals surface area contributed by atoms with Crippen LogP contribution in [0.5, 0.6) is 0 Å². The summed E-state index contributed by atoms with van der Waals surface area (Å²) in [5.74, 6) is -11.9. The van der Waals surface area contributed by atoms with Gasteiger partial charge in [0.15, 0.2) is 23.3 Å². The summed E-state index contributed by atoms with van der Waals surface area (Å²) < 4.78 is 92.1. The van der Waals surface area contributed by atoms with E-state index in [1.807, 2.05) is 0 Å². The van der Waals surface area contributed by atoms with Crippen LogP contribution in [-0.4, -0.2) is 13.4 Å². The molecule has 0 aliphatic rings. The molecular weight excluding hydrogens is 377 g/mol. The molecule has 0 unspecified atom stereocenters. The van der Waals surface area contributed by atoms with Crippen LogP contribution in [0, 0.1) is 29.1 Å². The topological polar surface area (TPSA) is 47.0 Å². The van der Waals surface area contributed by atoms with Crippen molar-refractivity contribution in [2.45, 2.75) is 9.79 Å². The predicted molar refractivity (Wildman–Crippen MR) is 81.4 cm³/mol. The van der Waals surface area contributed by atoms with Gasteiger partial charge >= 0.3 is 0 Å². The second kappa shape index (κ2) is 6.49. The maximum atomic E-state index is 13.8. The highest BCUT2D eigenvalue weighted by molar-refractivity contribution is 7.91. The van der Waals surface area contributed by atoms with E-state index in [0.29, 0.717) is 11.3 Å². The van der Waals surface area contributed by atoms with Gasteiger partial charge in [0.25, 0.3) is 0 Å². The van der Waals surface area contributed by atoms with E-state index in [4.69, 9.17) is 0 Å². The van der Waals surface area contributed by atoms with Gasteiger partial charge in [0, 0.05) is 11.8 Å². The monoisotopic (exact) mass is 385 g/mol. The van der Waals surface area contributed by atoms with E-state index in [-0.39, 0.29) is 0 Å². The van der Waals surface area contributed by atoms with E-state index in [2.05, 4.69) is 4.98 Å². The van der Waals surface area contributed by atoms with Gasteiger partial charge in [-0.1, -0.05) is 18.2 Å². The third kappa shape index (κ3) is 2.84. The van der Waals surface area contributed by atoms with Crippen molar-refractivity contribution in [1.29, 1.82) is 0 Å². The molecule has 0 fully saturated rings. The fourth-order valence-corrected chi connectivity index (χ4v) is 3.66. The molecule has 9 heteroatoms. The molecule has 0 saturated heterocycles. The molecule has 3 nitrogen and oxygen atoms in total. The summed E-state index contributed by atoms with van der Waals surface area (Å²) in [5, 5.41) is 0. The SMILES string of the molecule is O=S(=O)(c1ccc(-c2ccccn2)cc1)c1c(F)c(F)c(F)c(F)c1F. The second-order valence-electron chi connectivity index (χ2n) is 5.14. The van der Waals surface area contributed by atoms with Crippen molar-refractivity contribution in [3.05, 3.63) is 77.7 Å². The number of halogens is 5. The first-order valence-electron chi connectivity index (χ1n) is 7.03. The van der Waals surface area contributed by atoms with Crippen LogP contribution in [0.25, 0.3) is 11.3 Å². The van der Waals surface area contributed by atoms with Gasteiger partial charge < -0.3 is 0 Å². The molecule has 2 aromatic carbocycles. The van der Waals surface area contributed by atoms with Crippen molar-refractivity contribution in [3.63, 3.8) is 0 Å². The highest BCUT2D eigenvalue weighted by Crippen LogP contribution is 2.31. The van der Waals surface area contributed by atoms with Crippen molar-refractivity contribution in [2.75, 3.05) is 0 Å². The van der Waals surface area contributed by atoms with Gasteiger partial charge in [0.1, 0.15) is 4.90 Å². The van der Waals surface area contributed by atoms with Gasteiger partial charge in [-0.3, -0.25) is 4.98 Å². The fourth-order valence-electron chi connectivity index (χ4n) is 2.28. The number of hydrogen-bond acceptors (Lipinski definition) is 3. The first-order valence-corrected chi connectivity index (χ1v) is 8.51. The van der Waals surface area contributed by atoms with Crippen LogP contribution < -0.4 is 0 Å². The lowest BCUT2D eigenvalue weighted by atomic mass is 10.1. The van der Waals surface area contributed by atoms with Crippen molar-refractivity contribution in [2.24, 2.45) is 0 Å². The van der Waals surface area contributed by atoms with Crippen LogP contribution in [0.2, 0.25) is 0 Å². The minimum Gasteiger partial charge on any atom is -0.256 e. The predicted octanol–water partition coefficient (Wildman–Crippen LogP) is 4.28. The summed E-state index contributed by atoms with van der Waals surface area (Å²) in [7, 11) is -4.98. The summed E-state index contributed by atoms with van der Waals surface area (Å²) in [6.07, 6.45) is 1.51. The fraction of sp³-hybridized carbons (Fsp3) is 0. The molecular formula is C17H8F5NO2S. The number of sulfone groups is 1. The Bertz CT molecular complexity index is 1060. The lowest BCUT2D eigenvalue weighted by Crippen LogP contribution is -2.13. The number of nitrogens with zero attached hydrogens (tertiary/aromatic N) is 1. The number of benzene rings is 2. The Balaban J connectivity index is 2.13. The van der Waals surface area contributed by atoms with Crippen LogP contribution in [0.3, 0.4) is 0 Å². The van der Waals surface area contributed by atoms with Crippen LogP contribution >= 0.6 is 0 Å². The van der Waals surface area contributed by atoms with E-state index in [1.54, 1.807) is 18.2 Å². The van der Waals surface area contributed by atoms with Gasteiger partial charge in [0.05, 0.1) is 10.6 Å². The van der Waals surface area contributed by atoms with Crippen LogP contribution in [0.15, 0.2) is 58.5 Å². The third-order valence-electron chi connectivity index (χ3n) is 3.56. The van der Waals surface area contributed by atoms with E-state index >= 15 is 0 Å². The molecule has 1 aromatic heterocycles. The van der Waals surface area contributed by atoms with Gasteiger partial charge in [-0.15, -0.1) is 0 Å². The highest BCUT2D eigenvalue weighted by atomic mass is 32.2. The summed E-state index contributed by atoms with van der Waals surface area (Å²) >= 11 is 0. The molecule has 0 saturated carbocycles. The van der Waals surface area contributed by atoms with Crippen LogP contribution in [0.1, 0.15) is 0 Å². The average molecular weight is 385 g/mol. The first kappa shape index (κ1) is 18.0. The smallest absolute Gasteiger partial charge is 0.212 e. The van der Waals surface area contributed by atoms with Gasteiger partial charge in [-0.25, -0.2) is 30.4 Å². The van der Waals surface area contributed by atoms with E-state index < -0.39 is 48.7 Å². The van der Waals surface area contributed by atoms with Crippen molar-refractivity contribution in [3.8, 4) is 11.3 Å². The zero-order valence-corrected chi connectivity index (χ0v) is 13.5. The van der Waals surface area contributed by atoms with E-state index in [1.165, 1.54) is 18.3 Å².